The first-order valence-electron chi connectivity index (χ1n) is 6.15. The minimum absolute atomic E-state index is 0.0315. The molecule has 0 fully saturated rings. The maximum atomic E-state index is 12.2. The summed E-state index contributed by atoms with van der Waals surface area (Å²) in [5.41, 5.74) is 0.373. The minimum atomic E-state index is -0.305. The van der Waals surface area contributed by atoms with Crippen molar-refractivity contribution in [2.75, 3.05) is 27.1 Å². The maximum absolute atomic E-state index is 12.2. The highest BCUT2D eigenvalue weighted by Gasteiger charge is 2.21. The zero-order chi connectivity index (χ0) is 14.5. The van der Waals surface area contributed by atoms with E-state index in [0.717, 1.165) is 0 Å². The number of hydrogen-bond donors (Lipinski definition) is 2. The first-order valence-corrected chi connectivity index (χ1v) is 6.53. The van der Waals surface area contributed by atoms with Crippen molar-refractivity contribution in [2.45, 2.75) is 12.5 Å². The number of hydrogen-bond acceptors (Lipinski definition) is 5. The van der Waals surface area contributed by atoms with Crippen LogP contribution in [0.1, 0.15) is 16.8 Å². The molecule has 0 bridgehead atoms. The van der Waals surface area contributed by atoms with Crippen LogP contribution in [0.4, 0.5) is 0 Å². The Bertz CT molecular complexity index is 488. The van der Waals surface area contributed by atoms with Crippen molar-refractivity contribution in [3.05, 3.63) is 22.7 Å². The molecule has 1 aromatic rings. The van der Waals surface area contributed by atoms with Crippen LogP contribution in [0.2, 0.25) is 5.02 Å². The van der Waals surface area contributed by atoms with Crippen LogP contribution in [0.25, 0.3) is 0 Å². The highest BCUT2D eigenvalue weighted by Crippen LogP contribution is 2.39. The van der Waals surface area contributed by atoms with E-state index in [1.165, 1.54) is 13.2 Å². The summed E-state index contributed by atoms with van der Waals surface area (Å²) in [7, 11) is 1.54. The molecule has 20 heavy (non-hydrogen) atoms. The number of aliphatic hydroxyl groups excluding tert-OH is 1. The molecule has 1 amide bonds. The molecule has 2 N–H and O–H groups in total. The third-order valence-corrected chi connectivity index (χ3v) is 3.15. The molecular formula is C13H16ClNO5. The fourth-order valence-corrected chi connectivity index (χ4v) is 2.19. The smallest absolute Gasteiger partial charge is 0.251 e. The lowest BCUT2D eigenvalue weighted by Gasteiger charge is -2.17. The van der Waals surface area contributed by atoms with E-state index in [-0.39, 0.29) is 25.3 Å². The van der Waals surface area contributed by atoms with Gasteiger partial charge < -0.3 is 24.6 Å². The summed E-state index contributed by atoms with van der Waals surface area (Å²) in [6, 6.07) is 2.83. The van der Waals surface area contributed by atoms with Gasteiger partial charge in [-0.3, -0.25) is 4.79 Å². The monoisotopic (exact) mass is 301 g/mol. The topological polar surface area (TPSA) is 77.0 Å². The lowest BCUT2D eigenvalue weighted by molar-refractivity contribution is 0.0878. The average Bonchev–Trinajstić information content (AvgIpc) is 2.88. The third kappa shape index (κ3) is 3.33. The highest BCUT2D eigenvalue weighted by molar-refractivity contribution is 6.32. The number of carbonyl (C=O) groups excluding carboxylic acids is 1. The molecule has 0 saturated carbocycles. The van der Waals surface area contributed by atoms with Crippen LogP contribution in [0, 0.1) is 0 Å². The SMILES string of the molecule is COCC(CCO)NC(=O)c1cc(Cl)c2c(c1)OCO2. The van der Waals surface area contributed by atoms with Gasteiger partial charge in [0.15, 0.2) is 11.5 Å². The second-order valence-corrected chi connectivity index (χ2v) is 4.74. The second-order valence-electron chi connectivity index (χ2n) is 4.33. The van der Waals surface area contributed by atoms with Gasteiger partial charge in [-0.2, -0.15) is 0 Å². The van der Waals surface area contributed by atoms with Crippen LogP contribution in [0.5, 0.6) is 11.5 Å². The Hall–Kier alpha value is -1.50. The van der Waals surface area contributed by atoms with Crippen LogP contribution in [0.15, 0.2) is 12.1 Å². The van der Waals surface area contributed by atoms with E-state index < -0.39 is 0 Å². The molecule has 0 aromatic heterocycles. The molecule has 0 radical (unpaired) electrons. The van der Waals surface area contributed by atoms with Crippen molar-refractivity contribution in [1.82, 2.24) is 5.32 Å². The van der Waals surface area contributed by atoms with E-state index in [9.17, 15) is 4.79 Å². The fourth-order valence-electron chi connectivity index (χ4n) is 1.92. The van der Waals surface area contributed by atoms with Crippen molar-refractivity contribution in [3.8, 4) is 11.5 Å². The summed E-state index contributed by atoms with van der Waals surface area (Å²) in [6.07, 6.45) is 0.415. The molecule has 0 aliphatic carbocycles. The van der Waals surface area contributed by atoms with E-state index >= 15 is 0 Å². The summed E-state index contributed by atoms with van der Waals surface area (Å²) >= 11 is 6.03. The number of fused-ring (bicyclic) bond motifs is 1. The predicted octanol–water partition coefficient (Wildman–Crippen LogP) is 1.20. The molecule has 7 heteroatoms. The molecule has 6 nitrogen and oxygen atoms in total. The average molecular weight is 302 g/mol. The number of carbonyl (C=O) groups is 1. The van der Waals surface area contributed by atoms with Crippen LogP contribution >= 0.6 is 11.6 Å². The lowest BCUT2D eigenvalue weighted by atomic mass is 10.1. The van der Waals surface area contributed by atoms with E-state index in [1.807, 2.05) is 0 Å². The fraction of sp³-hybridized carbons (Fsp3) is 0.462. The Morgan fingerprint density at radius 3 is 3.05 bits per heavy atom. The molecule has 1 aromatic carbocycles. The predicted molar refractivity (Wildman–Crippen MR) is 72.4 cm³/mol. The number of methoxy groups -OCH3 is 1. The van der Waals surface area contributed by atoms with E-state index in [4.69, 9.17) is 30.9 Å². The Balaban J connectivity index is 2.11. The third-order valence-electron chi connectivity index (χ3n) is 2.87. The second kappa shape index (κ2) is 6.78. The van der Waals surface area contributed by atoms with Crippen molar-refractivity contribution in [1.29, 1.82) is 0 Å². The molecule has 1 aliphatic rings. The lowest BCUT2D eigenvalue weighted by Crippen LogP contribution is -2.38. The van der Waals surface area contributed by atoms with E-state index in [2.05, 4.69) is 5.32 Å². The van der Waals surface area contributed by atoms with Crippen molar-refractivity contribution < 1.29 is 24.1 Å². The van der Waals surface area contributed by atoms with Gasteiger partial charge >= 0.3 is 0 Å². The summed E-state index contributed by atoms with van der Waals surface area (Å²) in [4.78, 5) is 12.2. The molecule has 1 heterocycles. The standard InChI is InChI=1S/C13H16ClNO5/c1-18-6-9(2-3-16)15-13(17)8-4-10(14)12-11(5-8)19-7-20-12/h4-5,9,16H,2-3,6-7H2,1H3,(H,15,17). The van der Waals surface area contributed by atoms with Gasteiger partial charge in [-0.25, -0.2) is 0 Å². The molecule has 0 spiro atoms. The Labute approximate surface area is 121 Å². The van der Waals surface area contributed by atoms with Gasteiger partial charge in [0, 0.05) is 19.3 Å². The molecule has 1 aliphatic heterocycles. The number of halogens is 1. The van der Waals surface area contributed by atoms with E-state index in [1.54, 1.807) is 6.07 Å². The minimum Gasteiger partial charge on any atom is -0.454 e. The summed E-state index contributed by atoms with van der Waals surface area (Å²) in [5.74, 6) is 0.598. The number of rotatable bonds is 6. The quantitative estimate of drug-likeness (QED) is 0.825. The molecule has 1 unspecified atom stereocenters. The summed E-state index contributed by atoms with van der Waals surface area (Å²) in [6.45, 7) is 0.387. The molecule has 2 rings (SSSR count). The van der Waals surface area contributed by atoms with Gasteiger partial charge in [0.25, 0.3) is 5.91 Å². The van der Waals surface area contributed by atoms with E-state index in [0.29, 0.717) is 35.1 Å². The zero-order valence-electron chi connectivity index (χ0n) is 11.0. The van der Waals surface area contributed by atoms with Gasteiger partial charge in [0.2, 0.25) is 6.79 Å². The summed E-state index contributed by atoms with van der Waals surface area (Å²) < 4.78 is 15.4. The molecule has 110 valence electrons. The zero-order valence-corrected chi connectivity index (χ0v) is 11.8. The molecule has 1 atom stereocenters. The van der Waals surface area contributed by atoms with Gasteiger partial charge in [0.1, 0.15) is 0 Å². The van der Waals surface area contributed by atoms with Gasteiger partial charge in [0.05, 0.1) is 17.7 Å². The number of nitrogens with one attached hydrogen (secondary N) is 1. The molecule has 0 saturated heterocycles. The van der Waals surface area contributed by atoms with Gasteiger partial charge in [-0.05, 0) is 18.6 Å². The van der Waals surface area contributed by atoms with Gasteiger partial charge in [-0.15, -0.1) is 0 Å². The van der Waals surface area contributed by atoms with Crippen molar-refractivity contribution >= 4 is 17.5 Å². The Morgan fingerprint density at radius 1 is 1.55 bits per heavy atom. The van der Waals surface area contributed by atoms with Gasteiger partial charge in [-0.1, -0.05) is 11.6 Å². The van der Waals surface area contributed by atoms with Crippen LogP contribution in [-0.2, 0) is 4.74 Å². The van der Waals surface area contributed by atoms with Crippen LogP contribution < -0.4 is 14.8 Å². The van der Waals surface area contributed by atoms with Crippen molar-refractivity contribution in [3.63, 3.8) is 0 Å². The Kier molecular flexibility index (Phi) is 5.05. The Morgan fingerprint density at radius 2 is 2.35 bits per heavy atom. The largest absolute Gasteiger partial charge is 0.454 e. The highest BCUT2D eigenvalue weighted by atomic mass is 35.5. The number of amides is 1. The normalized spacial score (nSPS) is 14.2. The number of benzene rings is 1. The summed E-state index contributed by atoms with van der Waals surface area (Å²) in [5, 5.41) is 12.1. The number of ether oxygens (including phenoxy) is 3. The van der Waals surface area contributed by atoms with Crippen LogP contribution in [-0.4, -0.2) is 44.2 Å². The van der Waals surface area contributed by atoms with Crippen molar-refractivity contribution in [2.24, 2.45) is 0 Å². The number of aliphatic hydroxyl groups is 1. The van der Waals surface area contributed by atoms with Crippen LogP contribution in [0.3, 0.4) is 0 Å². The first kappa shape index (κ1) is 14.9. The first-order chi connectivity index (χ1) is 9.65. The molecular weight excluding hydrogens is 286 g/mol. The maximum Gasteiger partial charge on any atom is 0.251 e.